The third-order valence-corrected chi connectivity index (χ3v) is 5.93. The number of rotatable bonds is 3. The average molecular weight is 402 g/mol. The van der Waals surface area contributed by atoms with E-state index in [0.717, 1.165) is 17.6 Å². The largest absolute Gasteiger partial charge is 0.357 e. The van der Waals surface area contributed by atoms with Crippen molar-refractivity contribution in [3.05, 3.63) is 65.4 Å². The van der Waals surface area contributed by atoms with Crippen molar-refractivity contribution in [3.8, 4) is 0 Å². The maximum absolute atomic E-state index is 12.8. The van der Waals surface area contributed by atoms with Crippen LogP contribution in [0, 0.1) is 0 Å². The van der Waals surface area contributed by atoms with E-state index in [-0.39, 0.29) is 30.6 Å². The molecule has 30 heavy (non-hydrogen) atoms. The summed E-state index contributed by atoms with van der Waals surface area (Å²) >= 11 is 0. The molecular weight excluding hydrogens is 380 g/mol. The SMILES string of the molecule is O=C1N[C@@H](CCC(=O)N2CCc3c([nH]c4ccccc34)C2)C(=O)Nc2ccccc21. The standard InChI is InChI=1S/C23H22N4O3/c28-21(27-12-11-15-14-5-1-3-7-17(14)24-20(15)13-27)10-9-19-23(30)25-18-8-4-2-6-16(18)22(29)26-19/h1-8,19,24H,9-13H2,(H,25,30)(H,26,29)/t19-/m0/s1. The minimum atomic E-state index is -0.734. The van der Waals surface area contributed by atoms with E-state index in [1.54, 1.807) is 24.3 Å². The van der Waals surface area contributed by atoms with Crippen LogP contribution in [0.3, 0.4) is 0 Å². The predicted molar refractivity (Wildman–Crippen MR) is 113 cm³/mol. The number of hydrogen-bond acceptors (Lipinski definition) is 3. The Morgan fingerprint density at radius 1 is 1.07 bits per heavy atom. The number of hydrogen-bond donors (Lipinski definition) is 3. The van der Waals surface area contributed by atoms with Crippen LogP contribution in [-0.4, -0.2) is 40.2 Å². The highest BCUT2D eigenvalue weighted by Gasteiger charge is 2.29. The van der Waals surface area contributed by atoms with Crippen molar-refractivity contribution in [3.63, 3.8) is 0 Å². The molecule has 3 amide bonds. The molecular formula is C23H22N4O3. The van der Waals surface area contributed by atoms with Crippen molar-refractivity contribution in [2.24, 2.45) is 0 Å². The van der Waals surface area contributed by atoms with E-state index < -0.39 is 6.04 Å². The average Bonchev–Trinajstić information content (AvgIpc) is 3.08. The highest BCUT2D eigenvalue weighted by molar-refractivity contribution is 6.09. The van der Waals surface area contributed by atoms with Crippen LogP contribution in [0.25, 0.3) is 10.9 Å². The summed E-state index contributed by atoms with van der Waals surface area (Å²) in [5.74, 6) is -0.608. The van der Waals surface area contributed by atoms with Gasteiger partial charge in [-0.3, -0.25) is 14.4 Å². The van der Waals surface area contributed by atoms with Gasteiger partial charge >= 0.3 is 0 Å². The predicted octanol–water partition coefficient (Wildman–Crippen LogP) is 2.58. The number of H-pyrrole nitrogens is 1. The molecule has 0 unspecified atom stereocenters. The van der Waals surface area contributed by atoms with Crippen molar-refractivity contribution in [2.45, 2.75) is 31.8 Å². The molecule has 0 aliphatic carbocycles. The van der Waals surface area contributed by atoms with Gasteiger partial charge in [-0.15, -0.1) is 0 Å². The molecule has 7 heteroatoms. The Morgan fingerprint density at radius 3 is 2.77 bits per heavy atom. The molecule has 0 fully saturated rings. The summed E-state index contributed by atoms with van der Waals surface area (Å²) in [6.07, 6.45) is 1.27. The van der Waals surface area contributed by atoms with Gasteiger partial charge in [-0.1, -0.05) is 30.3 Å². The molecule has 0 saturated carbocycles. The molecule has 2 aromatic carbocycles. The van der Waals surface area contributed by atoms with Crippen LogP contribution >= 0.6 is 0 Å². The molecule has 3 N–H and O–H groups in total. The van der Waals surface area contributed by atoms with E-state index in [1.165, 1.54) is 10.9 Å². The lowest BCUT2D eigenvalue weighted by Gasteiger charge is -2.27. The molecule has 5 rings (SSSR count). The fourth-order valence-electron chi connectivity index (χ4n) is 4.35. The molecule has 2 aliphatic rings. The Morgan fingerprint density at radius 2 is 1.87 bits per heavy atom. The summed E-state index contributed by atoms with van der Waals surface area (Å²) in [4.78, 5) is 43.0. The first-order valence-electron chi connectivity index (χ1n) is 10.2. The van der Waals surface area contributed by atoms with Crippen molar-refractivity contribution in [1.29, 1.82) is 0 Å². The molecule has 1 aromatic heterocycles. The van der Waals surface area contributed by atoms with Crippen LogP contribution in [-0.2, 0) is 22.6 Å². The zero-order chi connectivity index (χ0) is 20.7. The first kappa shape index (κ1) is 18.4. The minimum Gasteiger partial charge on any atom is -0.357 e. The van der Waals surface area contributed by atoms with Gasteiger partial charge in [-0.2, -0.15) is 0 Å². The fourth-order valence-corrected chi connectivity index (χ4v) is 4.35. The van der Waals surface area contributed by atoms with Gasteiger partial charge in [0.15, 0.2) is 0 Å². The van der Waals surface area contributed by atoms with Gasteiger partial charge in [0.05, 0.1) is 17.8 Å². The fraction of sp³-hybridized carbons (Fsp3) is 0.261. The number of aromatic nitrogens is 1. The molecule has 3 heterocycles. The number of para-hydroxylation sites is 2. The molecule has 0 radical (unpaired) electrons. The van der Waals surface area contributed by atoms with Crippen LogP contribution in [0.15, 0.2) is 48.5 Å². The van der Waals surface area contributed by atoms with Crippen molar-refractivity contribution >= 4 is 34.3 Å². The molecule has 0 bridgehead atoms. The minimum absolute atomic E-state index is 0.0110. The Kier molecular flexibility index (Phi) is 4.50. The molecule has 0 saturated heterocycles. The second-order valence-corrected chi connectivity index (χ2v) is 7.79. The van der Waals surface area contributed by atoms with E-state index in [9.17, 15) is 14.4 Å². The van der Waals surface area contributed by atoms with Crippen molar-refractivity contribution in [1.82, 2.24) is 15.2 Å². The zero-order valence-corrected chi connectivity index (χ0v) is 16.4. The number of carbonyl (C=O) groups is 3. The molecule has 152 valence electrons. The van der Waals surface area contributed by atoms with Gasteiger partial charge in [0, 0.05) is 29.6 Å². The summed E-state index contributed by atoms with van der Waals surface area (Å²) < 4.78 is 0. The lowest BCUT2D eigenvalue weighted by atomic mass is 10.0. The van der Waals surface area contributed by atoms with E-state index in [1.807, 2.05) is 23.1 Å². The number of aromatic amines is 1. The Hall–Kier alpha value is -3.61. The number of anilines is 1. The Labute approximate surface area is 173 Å². The molecule has 0 spiro atoms. The number of fused-ring (bicyclic) bond motifs is 4. The Balaban J connectivity index is 1.24. The van der Waals surface area contributed by atoms with Gasteiger partial charge in [0.1, 0.15) is 6.04 Å². The number of carbonyl (C=O) groups excluding carboxylic acids is 3. The summed E-state index contributed by atoms with van der Waals surface area (Å²) in [7, 11) is 0. The smallest absolute Gasteiger partial charge is 0.254 e. The van der Waals surface area contributed by atoms with Crippen LogP contribution in [0.4, 0.5) is 5.69 Å². The summed E-state index contributed by atoms with van der Waals surface area (Å²) in [6, 6.07) is 14.3. The highest BCUT2D eigenvalue weighted by Crippen LogP contribution is 2.28. The molecule has 1 atom stereocenters. The van der Waals surface area contributed by atoms with Gasteiger partial charge in [0.25, 0.3) is 5.91 Å². The van der Waals surface area contributed by atoms with E-state index >= 15 is 0 Å². The summed E-state index contributed by atoms with van der Waals surface area (Å²) in [5.41, 5.74) is 4.38. The monoisotopic (exact) mass is 402 g/mol. The zero-order valence-electron chi connectivity index (χ0n) is 16.4. The third-order valence-electron chi connectivity index (χ3n) is 5.93. The van der Waals surface area contributed by atoms with Crippen LogP contribution < -0.4 is 10.6 Å². The van der Waals surface area contributed by atoms with Gasteiger partial charge < -0.3 is 20.5 Å². The first-order valence-corrected chi connectivity index (χ1v) is 10.2. The third kappa shape index (κ3) is 3.22. The van der Waals surface area contributed by atoms with Crippen LogP contribution in [0.2, 0.25) is 0 Å². The second kappa shape index (κ2) is 7.33. The maximum atomic E-state index is 12.8. The van der Waals surface area contributed by atoms with E-state index in [4.69, 9.17) is 0 Å². The number of amides is 3. The second-order valence-electron chi connectivity index (χ2n) is 7.79. The maximum Gasteiger partial charge on any atom is 0.254 e. The normalized spacial score (nSPS) is 18.3. The summed E-state index contributed by atoms with van der Waals surface area (Å²) in [5, 5.41) is 6.75. The Bertz CT molecular complexity index is 1170. The van der Waals surface area contributed by atoms with E-state index in [0.29, 0.717) is 24.3 Å². The van der Waals surface area contributed by atoms with E-state index in [2.05, 4.69) is 21.7 Å². The quantitative estimate of drug-likeness (QED) is 0.629. The van der Waals surface area contributed by atoms with Crippen LogP contribution in [0.5, 0.6) is 0 Å². The molecule has 2 aliphatic heterocycles. The van der Waals surface area contributed by atoms with Crippen molar-refractivity contribution < 1.29 is 14.4 Å². The molecule has 3 aromatic rings. The summed E-state index contributed by atoms with van der Waals surface area (Å²) in [6.45, 7) is 1.19. The number of nitrogens with one attached hydrogen (secondary N) is 3. The topological polar surface area (TPSA) is 94.3 Å². The number of nitrogens with zero attached hydrogens (tertiary/aromatic N) is 1. The number of benzene rings is 2. The van der Waals surface area contributed by atoms with Crippen LogP contribution in [0.1, 0.15) is 34.5 Å². The molecule has 7 nitrogen and oxygen atoms in total. The highest BCUT2D eigenvalue weighted by atomic mass is 16.2. The van der Waals surface area contributed by atoms with Gasteiger partial charge in [-0.05, 0) is 36.6 Å². The van der Waals surface area contributed by atoms with Gasteiger partial charge in [0.2, 0.25) is 11.8 Å². The lowest BCUT2D eigenvalue weighted by molar-refractivity contribution is -0.132. The van der Waals surface area contributed by atoms with Crippen molar-refractivity contribution in [2.75, 3.05) is 11.9 Å². The lowest BCUT2D eigenvalue weighted by Crippen LogP contribution is -2.42. The van der Waals surface area contributed by atoms with Gasteiger partial charge in [-0.25, -0.2) is 0 Å². The first-order chi connectivity index (χ1) is 14.6.